The fourth-order valence-electron chi connectivity index (χ4n) is 3.11. The number of anilines is 1. The number of aromatic nitrogens is 2. The van der Waals surface area contributed by atoms with Crippen LogP contribution in [0.4, 0.5) is 5.69 Å². The van der Waals surface area contributed by atoms with Gasteiger partial charge in [0, 0.05) is 38.2 Å². The van der Waals surface area contributed by atoms with Crippen molar-refractivity contribution in [2.75, 3.05) is 39.1 Å². The van der Waals surface area contributed by atoms with Gasteiger partial charge < -0.3 is 20.3 Å². The fourth-order valence-corrected chi connectivity index (χ4v) is 3.11. The zero-order valence-electron chi connectivity index (χ0n) is 15.6. The third-order valence-corrected chi connectivity index (χ3v) is 4.75. The Labute approximate surface area is 158 Å². The molecular weight excluding hydrogens is 346 g/mol. The van der Waals surface area contributed by atoms with Crippen molar-refractivity contribution in [3.63, 3.8) is 0 Å². The van der Waals surface area contributed by atoms with Crippen LogP contribution in [0.3, 0.4) is 0 Å². The second-order valence-electron chi connectivity index (χ2n) is 6.79. The zero-order valence-corrected chi connectivity index (χ0v) is 15.6. The van der Waals surface area contributed by atoms with Crippen molar-refractivity contribution < 1.29 is 14.3 Å². The van der Waals surface area contributed by atoms with Crippen LogP contribution in [0.2, 0.25) is 0 Å². The molecular formula is C19H25N5O3. The van der Waals surface area contributed by atoms with Gasteiger partial charge in [-0.2, -0.15) is 5.10 Å². The van der Waals surface area contributed by atoms with E-state index in [1.165, 1.54) is 4.90 Å². The highest BCUT2D eigenvalue weighted by atomic mass is 16.5. The Balaban J connectivity index is 1.73. The molecule has 1 aromatic heterocycles. The van der Waals surface area contributed by atoms with Gasteiger partial charge in [0.1, 0.15) is 11.3 Å². The van der Waals surface area contributed by atoms with E-state index in [4.69, 9.17) is 4.74 Å². The molecule has 0 saturated carbocycles. The van der Waals surface area contributed by atoms with Crippen molar-refractivity contribution in [2.45, 2.75) is 18.4 Å². The number of ether oxygens (including phenoxy) is 1. The molecule has 0 radical (unpaired) electrons. The molecule has 1 aliphatic heterocycles. The van der Waals surface area contributed by atoms with Crippen LogP contribution in [-0.2, 0) is 15.1 Å². The van der Waals surface area contributed by atoms with Crippen LogP contribution in [0.5, 0.6) is 5.75 Å². The number of carbonyl (C=O) groups excluding carboxylic acids is 2. The van der Waals surface area contributed by atoms with Crippen molar-refractivity contribution in [2.24, 2.45) is 0 Å². The summed E-state index contributed by atoms with van der Waals surface area (Å²) in [5, 5.41) is 10.6. The van der Waals surface area contributed by atoms with Gasteiger partial charge >= 0.3 is 0 Å². The standard InChI is InChI=1S/C19H25N5O3/c1-23(2)17(25)14-27-16-6-3-5-15(13-16)22-18(26)19(7-10-20-11-8-19)24-12-4-9-21-24/h3-6,9,12-13,20H,7-8,10-11,14H2,1-2H3,(H,22,26). The normalized spacial score (nSPS) is 15.8. The maximum Gasteiger partial charge on any atom is 0.259 e. The highest BCUT2D eigenvalue weighted by Gasteiger charge is 2.42. The van der Waals surface area contributed by atoms with Crippen LogP contribution in [0, 0.1) is 0 Å². The van der Waals surface area contributed by atoms with Gasteiger partial charge in [0.2, 0.25) is 0 Å². The largest absolute Gasteiger partial charge is 0.484 e. The first-order chi connectivity index (χ1) is 13.0. The molecule has 2 aromatic rings. The molecule has 0 aliphatic carbocycles. The van der Waals surface area contributed by atoms with E-state index in [-0.39, 0.29) is 18.4 Å². The Morgan fingerprint density at radius 1 is 1.30 bits per heavy atom. The number of amides is 2. The number of benzene rings is 1. The summed E-state index contributed by atoms with van der Waals surface area (Å²) in [5.41, 5.74) is -0.0909. The number of rotatable bonds is 6. The Hall–Kier alpha value is -2.87. The summed E-state index contributed by atoms with van der Waals surface area (Å²) in [5.74, 6) is 0.299. The van der Waals surface area contributed by atoms with Gasteiger partial charge in [-0.1, -0.05) is 6.07 Å². The monoisotopic (exact) mass is 371 g/mol. The van der Waals surface area contributed by atoms with Crippen LogP contribution in [0.25, 0.3) is 0 Å². The van der Waals surface area contributed by atoms with E-state index in [1.54, 1.807) is 49.2 Å². The van der Waals surface area contributed by atoms with Crippen molar-refractivity contribution in [1.29, 1.82) is 0 Å². The number of likely N-dealkylation sites (N-methyl/N-ethyl adjacent to an activating group) is 1. The van der Waals surface area contributed by atoms with E-state index in [2.05, 4.69) is 15.7 Å². The molecule has 8 heteroatoms. The molecule has 0 unspecified atom stereocenters. The minimum absolute atomic E-state index is 0.0483. The van der Waals surface area contributed by atoms with E-state index in [0.29, 0.717) is 24.3 Å². The maximum absolute atomic E-state index is 13.2. The Bertz CT molecular complexity index is 782. The summed E-state index contributed by atoms with van der Waals surface area (Å²) in [6, 6.07) is 8.89. The molecule has 1 fully saturated rings. The molecule has 2 N–H and O–H groups in total. The molecule has 0 atom stereocenters. The van der Waals surface area contributed by atoms with Gasteiger partial charge in [0.05, 0.1) is 0 Å². The lowest BCUT2D eigenvalue weighted by atomic mass is 9.87. The first-order valence-electron chi connectivity index (χ1n) is 8.96. The van der Waals surface area contributed by atoms with Gasteiger partial charge in [-0.3, -0.25) is 14.3 Å². The minimum Gasteiger partial charge on any atom is -0.484 e. The summed E-state index contributed by atoms with van der Waals surface area (Å²) < 4.78 is 7.27. The molecule has 0 spiro atoms. The molecule has 3 rings (SSSR count). The van der Waals surface area contributed by atoms with E-state index < -0.39 is 5.54 Å². The van der Waals surface area contributed by atoms with Crippen LogP contribution >= 0.6 is 0 Å². The first-order valence-corrected chi connectivity index (χ1v) is 8.96. The Morgan fingerprint density at radius 3 is 2.74 bits per heavy atom. The van der Waals surface area contributed by atoms with E-state index in [1.807, 2.05) is 12.3 Å². The van der Waals surface area contributed by atoms with E-state index >= 15 is 0 Å². The van der Waals surface area contributed by atoms with Crippen LogP contribution in [-0.4, -0.2) is 60.3 Å². The number of nitrogens with zero attached hydrogens (tertiary/aromatic N) is 3. The fraction of sp³-hybridized carbons (Fsp3) is 0.421. The van der Waals surface area contributed by atoms with Crippen molar-refractivity contribution in [1.82, 2.24) is 20.0 Å². The summed E-state index contributed by atoms with van der Waals surface area (Å²) in [7, 11) is 3.35. The predicted octanol–water partition coefficient (Wildman–Crippen LogP) is 1.07. The molecule has 2 heterocycles. The smallest absolute Gasteiger partial charge is 0.259 e. The number of hydrogen-bond acceptors (Lipinski definition) is 5. The summed E-state index contributed by atoms with van der Waals surface area (Å²) in [6.07, 6.45) is 4.84. The topological polar surface area (TPSA) is 88.5 Å². The van der Waals surface area contributed by atoms with Crippen molar-refractivity contribution >= 4 is 17.5 Å². The molecule has 8 nitrogen and oxygen atoms in total. The quantitative estimate of drug-likeness (QED) is 0.793. The van der Waals surface area contributed by atoms with Crippen LogP contribution in [0.15, 0.2) is 42.7 Å². The molecule has 1 aromatic carbocycles. The second kappa shape index (κ2) is 8.22. The number of carbonyl (C=O) groups is 2. The lowest BCUT2D eigenvalue weighted by molar-refractivity contribution is -0.130. The SMILES string of the molecule is CN(C)C(=O)COc1cccc(NC(=O)C2(n3cccn3)CCNCC2)c1. The van der Waals surface area contributed by atoms with E-state index in [0.717, 1.165) is 13.1 Å². The van der Waals surface area contributed by atoms with Crippen LogP contribution in [0.1, 0.15) is 12.8 Å². The van der Waals surface area contributed by atoms with Gasteiger partial charge in [-0.15, -0.1) is 0 Å². The minimum atomic E-state index is -0.716. The molecule has 1 saturated heterocycles. The van der Waals surface area contributed by atoms with Crippen LogP contribution < -0.4 is 15.4 Å². The molecule has 2 amide bonds. The Kier molecular flexibility index (Phi) is 5.75. The van der Waals surface area contributed by atoms with Gasteiger partial charge in [0.15, 0.2) is 6.61 Å². The lowest BCUT2D eigenvalue weighted by Crippen LogP contribution is -2.52. The zero-order chi connectivity index (χ0) is 19.3. The summed E-state index contributed by atoms with van der Waals surface area (Å²) in [4.78, 5) is 26.3. The average Bonchev–Trinajstić information content (AvgIpc) is 3.22. The highest BCUT2D eigenvalue weighted by molar-refractivity contribution is 5.97. The Morgan fingerprint density at radius 2 is 2.07 bits per heavy atom. The number of hydrogen-bond donors (Lipinski definition) is 2. The van der Waals surface area contributed by atoms with Gasteiger partial charge in [-0.25, -0.2) is 0 Å². The first kappa shape index (κ1) is 18.9. The molecule has 144 valence electrons. The summed E-state index contributed by atoms with van der Waals surface area (Å²) in [6.45, 7) is 1.46. The third kappa shape index (κ3) is 4.28. The maximum atomic E-state index is 13.2. The van der Waals surface area contributed by atoms with Crippen molar-refractivity contribution in [3.8, 4) is 5.75 Å². The number of piperidine rings is 1. The molecule has 1 aliphatic rings. The second-order valence-corrected chi connectivity index (χ2v) is 6.79. The van der Waals surface area contributed by atoms with Gasteiger partial charge in [-0.05, 0) is 44.1 Å². The highest BCUT2D eigenvalue weighted by Crippen LogP contribution is 2.29. The molecule has 27 heavy (non-hydrogen) atoms. The van der Waals surface area contributed by atoms with E-state index in [9.17, 15) is 9.59 Å². The van der Waals surface area contributed by atoms with Gasteiger partial charge in [0.25, 0.3) is 11.8 Å². The average molecular weight is 371 g/mol. The molecule has 0 bridgehead atoms. The predicted molar refractivity (Wildman–Crippen MR) is 102 cm³/mol. The lowest BCUT2D eigenvalue weighted by Gasteiger charge is -2.36. The number of nitrogens with one attached hydrogen (secondary N) is 2. The van der Waals surface area contributed by atoms with Crippen molar-refractivity contribution in [3.05, 3.63) is 42.7 Å². The summed E-state index contributed by atoms with van der Waals surface area (Å²) >= 11 is 0. The third-order valence-electron chi connectivity index (χ3n) is 4.75.